The van der Waals surface area contributed by atoms with E-state index in [-0.39, 0.29) is 121 Å². The van der Waals surface area contributed by atoms with Gasteiger partial charge in [-0.2, -0.15) is 0 Å². The van der Waals surface area contributed by atoms with E-state index in [0.717, 1.165) is 0 Å². The molecule has 0 saturated heterocycles. The summed E-state index contributed by atoms with van der Waals surface area (Å²) in [6, 6.07) is 0. The molecule has 0 rings (SSSR count). The van der Waals surface area contributed by atoms with Crippen molar-refractivity contribution in [2.24, 2.45) is 0 Å². The Kier molecular flexibility index (Phi) is 49.8. The van der Waals surface area contributed by atoms with Gasteiger partial charge in [-0.3, -0.25) is 0 Å². The van der Waals surface area contributed by atoms with Gasteiger partial charge in [-0.25, -0.2) is 0 Å². The van der Waals surface area contributed by atoms with Crippen molar-refractivity contribution < 1.29 is 39.6 Å². The molecule has 0 saturated carbocycles. The van der Waals surface area contributed by atoms with Gasteiger partial charge >= 0.3 is 97.8 Å². The van der Waals surface area contributed by atoms with Gasteiger partial charge in [-0.05, 0) is 0 Å². The van der Waals surface area contributed by atoms with Crippen LogP contribution in [0.15, 0.2) is 0 Å². The molecule has 0 aromatic heterocycles. The largest absolute Gasteiger partial charge is 2.00 e. The maximum absolute atomic E-state index is 9.89. The van der Waals surface area contributed by atoms with Gasteiger partial charge in [0, 0.05) is 49.6 Å². The zero-order valence-electron chi connectivity index (χ0n) is 16.0. The first kappa shape index (κ1) is 56.1. The molecule has 22 heteroatoms. The summed E-state index contributed by atoms with van der Waals surface area (Å²) in [7, 11) is 0. The number of carbonyl (C=O) groups excluding carboxylic acids is 4. The molecule has 0 spiro atoms. The average Bonchev–Trinajstić information content (AvgIpc) is 2.26. The maximum Gasteiger partial charge on any atom is 2.00 e. The molecule has 0 fully saturated rings. The Morgan fingerprint density at radius 3 is 0.471 bits per heavy atom. The van der Waals surface area contributed by atoms with Gasteiger partial charge in [-0.1, -0.05) is 271 Å². The Bertz CT molecular complexity index is 496. The Labute approximate surface area is 442 Å². The Morgan fingerprint density at radius 2 is 0.471 bits per heavy atom. The van der Waals surface area contributed by atoms with Crippen LogP contribution in [0.1, 0.15) is 25.7 Å². The predicted octanol–water partition coefficient (Wildman–Crippen LogP) is 3.58. The molecule has 0 aliphatic rings. The number of aliphatic carboxylic acids is 4. The standard InChI is InChI=1S/4C3H3I3O2.2Ba/c4*4-3(5,6)1-2(7)8;;/h4*1H2,(H,7,8);;/q;;;;2*+2/p-4. The molecule has 0 radical (unpaired) electrons. The van der Waals surface area contributed by atoms with Crippen molar-refractivity contribution >= 4 is 393 Å². The summed E-state index contributed by atoms with van der Waals surface area (Å²) in [5.41, 5.74) is 0. The van der Waals surface area contributed by atoms with Gasteiger partial charge in [-0.15, -0.1) is 0 Å². The monoisotopic (exact) mass is 2080 g/mol. The molecule has 0 N–H and O–H groups in total. The normalized spacial score (nSPS) is 10.7. The van der Waals surface area contributed by atoms with Crippen LogP contribution in [-0.4, -0.2) is 119 Å². The summed E-state index contributed by atoms with van der Waals surface area (Å²) in [4.78, 5) is 39.6. The van der Waals surface area contributed by atoms with Crippen LogP contribution in [0.25, 0.3) is 0 Å². The Balaban J connectivity index is -0.0000000754. The number of hydrogen-bond acceptors (Lipinski definition) is 8. The summed E-state index contributed by atoms with van der Waals surface area (Å²) in [6.07, 6.45) is 0.368. The van der Waals surface area contributed by atoms with Crippen LogP contribution in [0.5, 0.6) is 0 Å². The molecule has 0 aliphatic heterocycles. The molecule has 0 unspecified atom stereocenters. The average molecular weight is 2080 g/mol. The van der Waals surface area contributed by atoms with Crippen LogP contribution >= 0.6 is 271 Å². The summed E-state index contributed by atoms with van der Waals surface area (Å²) in [6.45, 7) is 0. The van der Waals surface area contributed by atoms with E-state index in [9.17, 15) is 39.6 Å². The minimum atomic E-state index is -0.997. The number of alkyl halides is 12. The number of hydrogen-bond donors (Lipinski definition) is 0. The molecule has 0 aliphatic carbocycles. The first-order valence-corrected chi connectivity index (χ1v) is 19.7. The molecule has 0 heterocycles. The first-order chi connectivity index (χ1) is 13.7. The second kappa shape index (κ2) is 30.1. The van der Waals surface area contributed by atoms with Crippen molar-refractivity contribution in [3.8, 4) is 0 Å². The van der Waals surface area contributed by atoms with Crippen LogP contribution in [0, 0.1) is 0 Å². The zero-order valence-corrected chi connectivity index (χ0v) is 50.8. The van der Waals surface area contributed by atoms with Gasteiger partial charge in [0.15, 0.2) is 0 Å². The Hall–Kier alpha value is 9.78. The van der Waals surface area contributed by atoms with E-state index >= 15 is 0 Å². The van der Waals surface area contributed by atoms with Gasteiger partial charge in [0.2, 0.25) is 0 Å². The van der Waals surface area contributed by atoms with E-state index in [1.54, 1.807) is 0 Å². The number of halogens is 12. The van der Waals surface area contributed by atoms with Crippen LogP contribution in [0.3, 0.4) is 0 Å². The van der Waals surface area contributed by atoms with Gasteiger partial charge in [0.25, 0.3) is 0 Å². The van der Waals surface area contributed by atoms with E-state index < -0.39 is 23.9 Å². The van der Waals surface area contributed by atoms with Crippen LogP contribution in [-0.2, 0) is 19.2 Å². The molecule has 0 atom stereocenters. The predicted molar refractivity (Wildman–Crippen MR) is 229 cm³/mol. The summed E-state index contributed by atoms with van der Waals surface area (Å²) in [5.74, 6) is -3.99. The molecule has 0 bridgehead atoms. The topological polar surface area (TPSA) is 161 Å². The fraction of sp³-hybridized carbons (Fsp3) is 0.667. The van der Waals surface area contributed by atoms with E-state index in [4.69, 9.17) is 0 Å². The SMILES string of the molecule is O=C([O-])CC(I)(I)I.O=C([O-])CC(I)(I)I.O=C([O-])CC(I)(I)I.O=C([O-])CC(I)(I)I.[Ba+2].[Ba+2]. The molecule has 34 heavy (non-hydrogen) atoms. The molecule has 0 aromatic rings. The second-order valence-corrected chi connectivity index (χ2v) is 51.5. The van der Waals surface area contributed by atoms with E-state index in [0.29, 0.717) is 0 Å². The third-order valence-electron chi connectivity index (χ3n) is 1.38. The van der Waals surface area contributed by atoms with Crippen molar-refractivity contribution in [1.82, 2.24) is 0 Å². The van der Waals surface area contributed by atoms with Crippen molar-refractivity contribution in [2.45, 2.75) is 23.4 Å². The van der Waals surface area contributed by atoms with Crippen molar-refractivity contribution in [2.75, 3.05) is 0 Å². The van der Waals surface area contributed by atoms with Crippen LogP contribution in [0.4, 0.5) is 0 Å². The number of carboxylic acid groups (broad SMARTS) is 4. The molecule has 8 nitrogen and oxygen atoms in total. The van der Waals surface area contributed by atoms with Crippen LogP contribution < -0.4 is 20.4 Å². The Morgan fingerprint density at radius 1 is 0.382 bits per heavy atom. The van der Waals surface area contributed by atoms with Gasteiger partial charge in [0.05, 0.1) is 0 Å². The summed E-state index contributed by atoms with van der Waals surface area (Å²) >= 11 is 24.5. The molecule has 0 aromatic carbocycles. The fourth-order valence-electron chi connectivity index (χ4n) is 0.655. The third kappa shape index (κ3) is 78.3. The minimum absolute atomic E-state index is 0. The van der Waals surface area contributed by atoms with Crippen LogP contribution in [0.2, 0.25) is 0 Å². The third-order valence-corrected chi connectivity index (χ3v) is 5.96. The molecule has 192 valence electrons. The quantitative estimate of drug-likeness (QED) is 0.203. The number of rotatable bonds is 8. The van der Waals surface area contributed by atoms with E-state index in [2.05, 4.69) is 0 Å². The first-order valence-electron chi connectivity index (χ1n) is 6.73. The molecular formula is C12H8Ba2I12O8. The minimum Gasteiger partial charge on any atom is -0.550 e. The fourth-order valence-corrected chi connectivity index (χ4v) is 4.39. The van der Waals surface area contributed by atoms with Gasteiger partial charge in [0.1, 0.15) is -2.26 Å². The number of carboxylic acids is 4. The summed E-state index contributed by atoms with van der Waals surface area (Å²) < 4.78 is -0.920. The second-order valence-electron chi connectivity index (χ2n) is 4.66. The van der Waals surface area contributed by atoms with Crippen molar-refractivity contribution in [3.05, 3.63) is 0 Å². The van der Waals surface area contributed by atoms with Crippen molar-refractivity contribution in [1.29, 1.82) is 0 Å². The van der Waals surface area contributed by atoms with Gasteiger partial charge < -0.3 is 39.6 Å². The van der Waals surface area contributed by atoms with E-state index in [1.807, 2.05) is 271 Å². The summed E-state index contributed by atoms with van der Waals surface area (Å²) in [5, 5.41) is 39.6. The van der Waals surface area contributed by atoms with E-state index in [1.165, 1.54) is 0 Å². The van der Waals surface area contributed by atoms with Crippen molar-refractivity contribution in [3.63, 3.8) is 0 Å². The molecule has 0 amide bonds. The maximum atomic E-state index is 9.89. The molecular weight excluding hydrogens is 2070 g/mol. The number of carbonyl (C=O) groups is 4. The smallest absolute Gasteiger partial charge is 0.550 e. The zero-order chi connectivity index (χ0) is 27.1.